The Balaban J connectivity index is 2.62. The summed E-state index contributed by atoms with van der Waals surface area (Å²) in [7, 11) is 2.91. The topological polar surface area (TPSA) is 59.3 Å². The molecule has 0 spiro atoms. The molecule has 19 heavy (non-hydrogen) atoms. The number of hydrogen-bond acceptors (Lipinski definition) is 4. The van der Waals surface area contributed by atoms with E-state index in [2.05, 4.69) is 10.8 Å². The number of rotatable bonds is 3. The van der Waals surface area contributed by atoms with Gasteiger partial charge in [0.05, 0.1) is 26.2 Å². The van der Waals surface area contributed by atoms with E-state index in [-0.39, 0.29) is 12.4 Å². The Labute approximate surface area is 111 Å². The van der Waals surface area contributed by atoms with Gasteiger partial charge in [0.25, 0.3) is 0 Å². The van der Waals surface area contributed by atoms with Crippen LogP contribution in [0.25, 0.3) is 11.1 Å². The van der Waals surface area contributed by atoms with Gasteiger partial charge in [-0.1, -0.05) is 18.2 Å². The number of carbonyl (C=O) groups is 1. The van der Waals surface area contributed by atoms with E-state index in [1.807, 2.05) is 30.3 Å². The molecule has 0 aromatic rings. The first-order valence-electron chi connectivity index (χ1n) is 5.76. The minimum Gasteiger partial charge on any atom is -0.496 e. The highest BCUT2D eigenvalue weighted by Gasteiger charge is 2.20. The number of carbonyl (C=O) groups excluding carboxylic acids is 1. The van der Waals surface area contributed by atoms with Crippen LogP contribution in [-0.4, -0.2) is 20.2 Å². The number of nitriles is 1. The van der Waals surface area contributed by atoms with Crippen molar-refractivity contribution in [2.24, 2.45) is 0 Å². The second-order valence-corrected chi connectivity index (χ2v) is 4.02. The zero-order valence-corrected chi connectivity index (χ0v) is 10.8. The van der Waals surface area contributed by atoms with Crippen molar-refractivity contribution in [3.8, 4) is 22.9 Å². The molecule has 0 saturated carbocycles. The van der Waals surface area contributed by atoms with Crippen LogP contribution in [0.4, 0.5) is 0 Å². The van der Waals surface area contributed by atoms with Crippen molar-refractivity contribution in [1.82, 2.24) is 0 Å². The molecule has 4 nitrogen and oxygen atoms in total. The van der Waals surface area contributed by atoms with Crippen LogP contribution in [0.2, 0.25) is 0 Å². The highest BCUT2D eigenvalue weighted by molar-refractivity contribution is 5.84. The van der Waals surface area contributed by atoms with E-state index < -0.39 is 0 Å². The van der Waals surface area contributed by atoms with E-state index in [1.54, 1.807) is 7.11 Å². The maximum atomic E-state index is 11.4. The minimum absolute atomic E-state index is 0.0843. The first-order valence-corrected chi connectivity index (χ1v) is 5.76. The van der Waals surface area contributed by atoms with Gasteiger partial charge in [-0.15, -0.1) is 0 Å². The summed E-state index contributed by atoms with van der Waals surface area (Å²) < 4.78 is 9.95. The smallest absolute Gasteiger partial charge is 0.310 e. The Morgan fingerprint density at radius 1 is 1.26 bits per heavy atom. The van der Waals surface area contributed by atoms with Gasteiger partial charge in [-0.3, -0.25) is 4.79 Å². The lowest BCUT2D eigenvalue weighted by Crippen LogP contribution is -2.04. The number of methoxy groups -OCH3 is 2. The van der Waals surface area contributed by atoms with Crippen LogP contribution in [0, 0.1) is 11.3 Å². The quantitative estimate of drug-likeness (QED) is 0.790. The molecule has 2 rings (SSSR count). The molecule has 0 bridgehead atoms. The molecule has 2 aliphatic rings. The van der Waals surface area contributed by atoms with Crippen molar-refractivity contribution in [2.75, 3.05) is 14.2 Å². The second-order valence-electron chi connectivity index (χ2n) is 4.02. The SMILES string of the molecule is COC(=O)Cc1cc2c(OC)ccccc-2c1C#N. The summed E-state index contributed by atoms with van der Waals surface area (Å²) in [6.45, 7) is 0. The van der Waals surface area contributed by atoms with Crippen molar-refractivity contribution in [3.63, 3.8) is 0 Å². The molecule has 96 valence electrons. The lowest BCUT2D eigenvalue weighted by molar-refractivity contribution is -0.139. The molecule has 0 saturated heterocycles. The monoisotopic (exact) mass is 255 g/mol. The fourth-order valence-electron chi connectivity index (χ4n) is 2.07. The highest BCUT2D eigenvalue weighted by Crippen LogP contribution is 2.37. The summed E-state index contributed by atoms with van der Waals surface area (Å²) in [6, 6.07) is 11.3. The average molecular weight is 255 g/mol. The maximum absolute atomic E-state index is 11.4. The van der Waals surface area contributed by atoms with Crippen molar-refractivity contribution in [2.45, 2.75) is 6.42 Å². The Hall–Kier alpha value is -2.54. The Kier molecular flexibility index (Phi) is 3.67. The molecule has 0 aromatic carbocycles. The van der Waals surface area contributed by atoms with E-state index in [1.165, 1.54) is 7.11 Å². The number of fused-ring (bicyclic) bond motifs is 1. The maximum Gasteiger partial charge on any atom is 0.310 e. The average Bonchev–Trinajstić information content (AvgIpc) is 2.63. The summed E-state index contributed by atoms with van der Waals surface area (Å²) in [6.07, 6.45) is 0.0843. The van der Waals surface area contributed by atoms with Crippen LogP contribution in [-0.2, 0) is 16.0 Å². The number of ether oxygens (including phenoxy) is 2. The molecule has 0 unspecified atom stereocenters. The zero-order chi connectivity index (χ0) is 13.8. The molecule has 4 heteroatoms. The van der Waals surface area contributed by atoms with Gasteiger partial charge in [0.1, 0.15) is 11.8 Å². The molecule has 0 radical (unpaired) electrons. The molecule has 0 aliphatic heterocycles. The summed E-state index contributed by atoms with van der Waals surface area (Å²) >= 11 is 0. The molecule has 2 aliphatic carbocycles. The van der Waals surface area contributed by atoms with E-state index in [0.717, 1.165) is 11.1 Å². The number of esters is 1. The van der Waals surface area contributed by atoms with Crippen molar-refractivity contribution >= 4 is 5.97 Å². The van der Waals surface area contributed by atoms with Gasteiger partial charge < -0.3 is 9.47 Å². The molecule has 0 aromatic heterocycles. The summed E-state index contributed by atoms with van der Waals surface area (Å²) in [5.74, 6) is 0.308. The van der Waals surface area contributed by atoms with Crippen LogP contribution in [0.3, 0.4) is 0 Å². The van der Waals surface area contributed by atoms with Crippen molar-refractivity contribution in [1.29, 1.82) is 5.26 Å². The lowest BCUT2D eigenvalue weighted by atomic mass is 10.1. The third-order valence-corrected chi connectivity index (χ3v) is 2.98. The largest absolute Gasteiger partial charge is 0.496 e. The van der Waals surface area contributed by atoms with Crippen molar-refractivity contribution < 1.29 is 14.3 Å². The lowest BCUT2D eigenvalue weighted by Gasteiger charge is -2.01. The van der Waals surface area contributed by atoms with E-state index >= 15 is 0 Å². The van der Waals surface area contributed by atoms with Crippen molar-refractivity contribution in [3.05, 3.63) is 41.5 Å². The predicted molar refractivity (Wildman–Crippen MR) is 70.1 cm³/mol. The van der Waals surface area contributed by atoms with Crippen LogP contribution >= 0.6 is 0 Å². The molecular weight excluding hydrogens is 242 g/mol. The fraction of sp³-hybridized carbons (Fsp3) is 0.200. The second kappa shape index (κ2) is 5.40. The van der Waals surface area contributed by atoms with Gasteiger partial charge in [0.2, 0.25) is 0 Å². The van der Waals surface area contributed by atoms with Gasteiger partial charge in [-0.2, -0.15) is 5.26 Å². The van der Waals surface area contributed by atoms with Gasteiger partial charge in [0.15, 0.2) is 0 Å². The number of hydrogen-bond donors (Lipinski definition) is 0. The fourth-order valence-corrected chi connectivity index (χ4v) is 2.07. The van der Waals surface area contributed by atoms with Crippen LogP contribution in [0.1, 0.15) is 11.1 Å². The van der Waals surface area contributed by atoms with Gasteiger partial charge in [-0.05, 0) is 17.7 Å². The van der Waals surface area contributed by atoms with Gasteiger partial charge >= 0.3 is 5.97 Å². The molecular formula is C15H13NO3. The summed E-state index contributed by atoms with van der Waals surface area (Å²) in [4.78, 5) is 11.4. The van der Waals surface area contributed by atoms with Crippen LogP contribution in [0.5, 0.6) is 5.75 Å². The Morgan fingerprint density at radius 2 is 2.00 bits per heavy atom. The Morgan fingerprint density at radius 3 is 2.63 bits per heavy atom. The standard InChI is InChI=1S/C15H13NO3/c1-18-14-6-4-3-5-11-12(14)7-10(13(11)9-16)8-15(17)19-2/h3-7H,8H2,1-2H3. The zero-order valence-electron chi connectivity index (χ0n) is 10.8. The van der Waals surface area contributed by atoms with Gasteiger partial charge in [0, 0.05) is 11.1 Å². The molecule has 0 fully saturated rings. The van der Waals surface area contributed by atoms with Crippen LogP contribution < -0.4 is 4.74 Å². The Bertz CT molecular complexity index is 628. The molecule has 0 atom stereocenters. The minimum atomic E-state index is -0.366. The normalized spacial score (nSPS) is 9.95. The van der Waals surface area contributed by atoms with Gasteiger partial charge in [-0.25, -0.2) is 0 Å². The first-order chi connectivity index (χ1) is 9.21. The summed E-state index contributed by atoms with van der Waals surface area (Å²) in [5.41, 5.74) is 2.76. The van der Waals surface area contributed by atoms with Crippen LogP contribution in [0.15, 0.2) is 30.3 Å². The van der Waals surface area contributed by atoms with E-state index in [4.69, 9.17) is 4.74 Å². The third kappa shape index (κ3) is 2.36. The molecule has 0 N–H and O–H groups in total. The summed E-state index contributed by atoms with van der Waals surface area (Å²) in [5, 5.41) is 9.29. The highest BCUT2D eigenvalue weighted by atomic mass is 16.5. The molecule has 0 heterocycles. The van der Waals surface area contributed by atoms with E-state index in [0.29, 0.717) is 16.9 Å². The number of nitrogens with zero attached hydrogens (tertiary/aromatic N) is 1. The molecule has 0 amide bonds. The third-order valence-electron chi connectivity index (χ3n) is 2.98. The van der Waals surface area contributed by atoms with E-state index in [9.17, 15) is 10.1 Å². The predicted octanol–water partition coefficient (Wildman–Crippen LogP) is 2.39. The first kappa shape index (κ1) is 12.9.